The zero-order valence-electron chi connectivity index (χ0n) is 34.2. The highest BCUT2D eigenvalue weighted by Crippen LogP contribution is 2.62. The lowest BCUT2D eigenvalue weighted by Crippen LogP contribution is -2.32. The number of benzene rings is 10. The van der Waals surface area contributed by atoms with E-state index in [0.29, 0.717) is 5.95 Å². The van der Waals surface area contributed by atoms with Crippen LogP contribution in [0.3, 0.4) is 0 Å². The second-order valence-electron chi connectivity index (χ2n) is 17.2. The predicted octanol–water partition coefficient (Wildman–Crippen LogP) is 15.9. The maximum atomic E-state index is 5.72. The van der Waals surface area contributed by atoms with Crippen molar-refractivity contribution < 1.29 is 0 Å². The van der Waals surface area contributed by atoms with Crippen LogP contribution >= 0.6 is 23.1 Å². The van der Waals surface area contributed by atoms with E-state index >= 15 is 0 Å². The van der Waals surface area contributed by atoms with Crippen LogP contribution in [0.1, 0.15) is 22.3 Å². The molecule has 0 unspecified atom stereocenters. The Kier molecular flexibility index (Phi) is 6.97. The average molecular weight is 848 g/mol. The van der Waals surface area contributed by atoms with Crippen molar-refractivity contribution in [2.45, 2.75) is 15.2 Å². The molecule has 296 valence electrons. The highest BCUT2D eigenvalue weighted by molar-refractivity contribution is 7.99. The largest absolute Gasteiger partial charge is 0.278 e. The van der Waals surface area contributed by atoms with Crippen LogP contribution in [0.5, 0.6) is 0 Å². The van der Waals surface area contributed by atoms with Gasteiger partial charge in [-0.3, -0.25) is 4.57 Å². The van der Waals surface area contributed by atoms with Crippen molar-refractivity contribution in [3.05, 3.63) is 222 Å². The molecule has 0 saturated carbocycles. The van der Waals surface area contributed by atoms with Crippen LogP contribution in [0.25, 0.3) is 103 Å². The lowest BCUT2D eigenvalue weighted by Gasteiger charge is -2.39. The smallest absolute Gasteiger partial charge is 0.235 e. The zero-order chi connectivity index (χ0) is 41.7. The van der Waals surface area contributed by atoms with Gasteiger partial charge in [0.25, 0.3) is 0 Å². The van der Waals surface area contributed by atoms with Gasteiger partial charge in [0, 0.05) is 36.2 Å². The summed E-state index contributed by atoms with van der Waals surface area (Å²) in [6, 6.07) is 74.1. The number of aromatic nitrogens is 3. The third kappa shape index (κ3) is 4.47. The number of nitrogens with zero attached hydrogens (tertiary/aromatic N) is 3. The van der Waals surface area contributed by atoms with Crippen LogP contribution in [-0.4, -0.2) is 14.5 Å². The Balaban J connectivity index is 1.06. The first-order chi connectivity index (χ1) is 31.7. The molecule has 0 fully saturated rings. The monoisotopic (exact) mass is 847 g/mol. The summed E-state index contributed by atoms with van der Waals surface area (Å²) < 4.78 is 4.64. The van der Waals surface area contributed by atoms with Gasteiger partial charge in [-0.05, 0) is 102 Å². The van der Waals surface area contributed by atoms with E-state index < -0.39 is 5.41 Å². The molecule has 0 saturated heterocycles. The molecular weight excluding hydrogens is 815 g/mol. The minimum atomic E-state index is -0.503. The number of hydrogen-bond donors (Lipinski definition) is 0. The second-order valence-corrected chi connectivity index (χ2v) is 19.3. The molecule has 3 nitrogen and oxygen atoms in total. The quantitative estimate of drug-likeness (QED) is 0.162. The molecule has 0 radical (unpaired) electrons. The molecule has 3 aromatic heterocycles. The first-order valence-electron chi connectivity index (χ1n) is 21.8. The molecule has 10 aromatic carbocycles. The second kappa shape index (κ2) is 12.8. The van der Waals surface area contributed by atoms with E-state index in [0.717, 1.165) is 37.9 Å². The SMILES string of the molecule is c1ccc2c(c1)Sc1cc3c4ccccc4n(-c4nc(-c5ccc6c7ccccc7c7ccccc7c6c5)c5sc6ccccc6c5n4)c3cc1C21c2ccccc2-c2ccccc21. The molecule has 5 heteroatoms. The van der Waals surface area contributed by atoms with Crippen molar-refractivity contribution in [2.24, 2.45) is 0 Å². The van der Waals surface area contributed by atoms with Gasteiger partial charge in [0.1, 0.15) is 0 Å². The summed E-state index contributed by atoms with van der Waals surface area (Å²) in [5, 5.41) is 11.0. The molecule has 1 spiro atoms. The normalized spacial score (nSPS) is 13.7. The van der Waals surface area contributed by atoms with E-state index in [1.54, 1.807) is 11.3 Å². The van der Waals surface area contributed by atoms with Crippen molar-refractivity contribution in [3.8, 4) is 28.3 Å². The summed E-state index contributed by atoms with van der Waals surface area (Å²) in [5.41, 5.74) is 12.6. The predicted molar refractivity (Wildman–Crippen MR) is 269 cm³/mol. The van der Waals surface area contributed by atoms with Gasteiger partial charge in [-0.25, -0.2) is 9.97 Å². The van der Waals surface area contributed by atoms with Crippen LogP contribution < -0.4 is 0 Å². The standard InChI is InChI=1S/C59H33N3S2/c1-2-17-37-35(15-1)36-16-3-4-18-38(36)44-31-34(29-30-39(37)44)55-57-56(43-22-8-13-27-52(43)64-57)61-58(60-55)62-50-26-12-7-21-42(50)45-32-54-49(33-51(45)62)59(48-25-11-14-28-53(48)63-54)46-23-9-5-19-40(46)41-20-6-10-24-47(41)59/h1-33H. The fourth-order valence-corrected chi connectivity index (χ4v) is 13.8. The van der Waals surface area contributed by atoms with Crippen molar-refractivity contribution in [2.75, 3.05) is 0 Å². The summed E-state index contributed by atoms with van der Waals surface area (Å²) in [4.78, 5) is 13.9. The van der Waals surface area contributed by atoms with Gasteiger partial charge in [-0.2, -0.15) is 0 Å². The summed E-state index contributed by atoms with van der Waals surface area (Å²) in [6.45, 7) is 0. The van der Waals surface area contributed by atoms with Gasteiger partial charge in [-0.1, -0.05) is 176 Å². The zero-order valence-corrected chi connectivity index (χ0v) is 35.8. The molecule has 0 bridgehead atoms. The lowest BCUT2D eigenvalue weighted by molar-refractivity contribution is 0.723. The van der Waals surface area contributed by atoms with Crippen LogP contribution in [0.15, 0.2) is 210 Å². The maximum absolute atomic E-state index is 5.72. The lowest BCUT2D eigenvalue weighted by atomic mass is 9.67. The Bertz CT molecular complexity index is 4110. The van der Waals surface area contributed by atoms with E-state index in [4.69, 9.17) is 9.97 Å². The molecule has 4 heterocycles. The summed E-state index contributed by atoms with van der Waals surface area (Å²) in [5.74, 6) is 0.672. The number of hydrogen-bond acceptors (Lipinski definition) is 4. The highest BCUT2D eigenvalue weighted by atomic mass is 32.2. The third-order valence-corrected chi connectivity index (χ3v) is 16.4. The molecule has 0 amide bonds. The first kappa shape index (κ1) is 35.0. The fourth-order valence-electron chi connectivity index (χ4n) is 11.5. The Hall–Kier alpha value is -7.57. The first-order valence-corrected chi connectivity index (χ1v) is 23.4. The van der Waals surface area contributed by atoms with Crippen molar-refractivity contribution >= 4 is 97.5 Å². The van der Waals surface area contributed by atoms with Gasteiger partial charge in [0.05, 0.1) is 32.4 Å². The van der Waals surface area contributed by atoms with Crippen molar-refractivity contribution in [1.29, 1.82) is 0 Å². The Morgan fingerprint density at radius 3 is 1.70 bits per heavy atom. The minimum Gasteiger partial charge on any atom is -0.278 e. The van der Waals surface area contributed by atoms with Gasteiger partial charge >= 0.3 is 0 Å². The van der Waals surface area contributed by atoms with Gasteiger partial charge in [-0.15, -0.1) is 11.3 Å². The molecule has 15 rings (SSSR count). The number of para-hydroxylation sites is 1. The Labute approximate surface area is 375 Å². The topological polar surface area (TPSA) is 30.7 Å². The average Bonchev–Trinajstić information content (AvgIpc) is 4.00. The molecule has 13 aromatic rings. The number of thiophene rings is 1. The van der Waals surface area contributed by atoms with Crippen LogP contribution in [0, 0.1) is 0 Å². The van der Waals surface area contributed by atoms with E-state index in [2.05, 4.69) is 205 Å². The van der Waals surface area contributed by atoms with E-state index in [-0.39, 0.29) is 0 Å². The fraction of sp³-hybridized carbons (Fsp3) is 0.0169. The summed E-state index contributed by atoms with van der Waals surface area (Å²) in [6.07, 6.45) is 0. The molecule has 2 aliphatic rings. The molecule has 1 aliphatic heterocycles. The van der Waals surface area contributed by atoms with Crippen LogP contribution in [0.2, 0.25) is 0 Å². The third-order valence-electron chi connectivity index (χ3n) is 14.1. The van der Waals surface area contributed by atoms with Crippen molar-refractivity contribution in [3.63, 3.8) is 0 Å². The molecule has 1 aliphatic carbocycles. The molecule has 64 heavy (non-hydrogen) atoms. The number of fused-ring (bicyclic) bond motifs is 21. The Morgan fingerprint density at radius 2 is 0.969 bits per heavy atom. The molecular formula is C59H33N3S2. The molecule has 0 N–H and O–H groups in total. The van der Waals surface area contributed by atoms with Crippen molar-refractivity contribution in [1.82, 2.24) is 14.5 Å². The molecule has 0 atom stereocenters. The summed E-state index contributed by atoms with van der Waals surface area (Å²) >= 11 is 3.67. The summed E-state index contributed by atoms with van der Waals surface area (Å²) in [7, 11) is 0. The van der Waals surface area contributed by atoms with Crippen LogP contribution in [0.4, 0.5) is 0 Å². The van der Waals surface area contributed by atoms with E-state index in [9.17, 15) is 0 Å². The van der Waals surface area contributed by atoms with E-state index in [1.807, 2.05) is 11.8 Å². The van der Waals surface area contributed by atoms with Gasteiger partial charge in [0.15, 0.2) is 0 Å². The maximum Gasteiger partial charge on any atom is 0.235 e. The van der Waals surface area contributed by atoms with Crippen LogP contribution in [-0.2, 0) is 5.41 Å². The van der Waals surface area contributed by atoms with Gasteiger partial charge in [0.2, 0.25) is 5.95 Å². The van der Waals surface area contributed by atoms with E-state index in [1.165, 1.54) is 91.0 Å². The van der Waals surface area contributed by atoms with Gasteiger partial charge < -0.3 is 0 Å². The highest BCUT2D eigenvalue weighted by Gasteiger charge is 2.50. The minimum absolute atomic E-state index is 0.503. The Morgan fingerprint density at radius 1 is 0.391 bits per heavy atom. The number of rotatable bonds is 2.